The Kier molecular flexibility index (Phi) is 4.02. The van der Waals surface area contributed by atoms with Gasteiger partial charge in [0.15, 0.2) is 0 Å². The number of hydrogen-bond acceptors (Lipinski definition) is 1. The van der Waals surface area contributed by atoms with Gasteiger partial charge in [-0.3, -0.25) is 0 Å². The molecule has 0 saturated heterocycles. The summed E-state index contributed by atoms with van der Waals surface area (Å²) in [5.74, 6) is 0.738. The van der Waals surface area contributed by atoms with Crippen molar-refractivity contribution in [3.8, 4) is 5.75 Å². The highest BCUT2D eigenvalue weighted by Gasteiger charge is 2.09. The third-order valence-corrected chi connectivity index (χ3v) is 3.07. The minimum Gasteiger partial charge on any atom is -0.496 e. The van der Waals surface area contributed by atoms with E-state index in [0.717, 1.165) is 27.8 Å². The van der Waals surface area contributed by atoms with E-state index < -0.39 is 0 Å². The van der Waals surface area contributed by atoms with Gasteiger partial charge < -0.3 is 4.74 Å². The molecular formula is C11H12BrClO. The summed E-state index contributed by atoms with van der Waals surface area (Å²) in [7, 11) is 1.62. The lowest BCUT2D eigenvalue weighted by Crippen LogP contribution is -1.90. The molecule has 0 N–H and O–H groups in total. The number of allylic oxidation sites excluding steroid dienone is 1. The molecule has 0 fully saturated rings. The van der Waals surface area contributed by atoms with Crippen LogP contribution in [0, 0.1) is 0 Å². The van der Waals surface area contributed by atoms with Gasteiger partial charge in [-0.05, 0) is 45.6 Å². The van der Waals surface area contributed by atoms with Gasteiger partial charge in [-0.25, -0.2) is 0 Å². The van der Waals surface area contributed by atoms with E-state index in [2.05, 4.69) is 29.4 Å². The molecule has 0 saturated carbocycles. The monoisotopic (exact) mass is 274 g/mol. The molecule has 0 amide bonds. The molecule has 0 aliphatic heterocycles. The van der Waals surface area contributed by atoms with E-state index >= 15 is 0 Å². The van der Waals surface area contributed by atoms with Gasteiger partial charge in [0, 0.05) is 5.02 Å². The fraction of sp³-hybridized carbons (Fsp3) is 0.273. The third kappa shape index (κ3) is 2.31. The Bertz CT molecular complexity index is 361. The zero-order chi connectivity index (χ0) is 10.7. The van der Waals surface area contributed by atoms with Gasteiger partial charge in [-0.1, -0.05) is 25.1 Å². The van der Waals surface area contributed by atoms with Crippen molar-refractivity contribution < 1.29 is 4.74 Å². The number of hydrogen-bond donors (Lipinski definition) is 0. The summed E-state index contributed by atoms with van der Waals surface area (Å²) in [6, 6.07) is 3.66. The first-order chi connectivity index (χ1) is 6.60. The predicted molar refractivity (Wildman–Crippen MR) is 65.0 cm³/mol. The zero-order valence-corrected chi connectivity index (χ0v) is 10.6. The highest BCUT2D eigenvalue weighted by Crippen LogP contribution is 2.36. The van der Waals surface area contributed by atoms with Crippen molar-refractivity contribution in [3.63, 3.8) is 0 Å². The summed E-state index contributed by atoms with van der Waals surface area (Å²) in [4.78, 5) is 0. The number of methoxy groups -OCH3 is 1. The second-order valence-electron chi connectivity index (χ2n) is 2.93. The smallest absolute Gasteiger partial charge is 0.135 e. The molecule has 3 heteroatoms. The molecule has 0 radical (unpaired) electrons. The molecule has 0 aliphatic rings. The maximum atomic E-state index is 5.96. The number of benzene rings is 1. The summed E-state index contributed by atoms with van der Waals surface area (Å²) >= 11 is 9.43. The van der Waals surface area contributed by atoms with Crippen LogP contribution < -0.4 is 4.74 Å². The van der Waals surface area contributed by atoms with Crippen molar-refractivity contribution in [2.75, 3.05) is 7.11 Å². The Balaban J connectivity index is 3.29. The zero-order valence-electron chi connectivity index (χ0n) is 8.23. The fourth-order valence-corrected chi connectivity index (χ4v) is 2.04. The largest absolute Gasteiger partial charge is 0.496 e. The van der Waals surface area contributed by atoms with Gasteiger partial charge in [0.25, 0.3) is 0 Å². The van der Waals surface area contributed by atoms with Crippen LogP contribution in [-0.4, -0.2) is 7.11 Å². The molecule has 1 aromatic carbocycles. The Morgan fingerprint density at radius 2 is 2.21 bits per heavy atom. The summed E-state index contributed by atoms with van der Waals surface area (Å²) in [5.41, 5.74) is 2.05. The molecule has 1 nitrogen and oxygen atoms in total. The summed E-state index contributed by atoms with van der Waals surface area (Å²) in [6.07, 6.45) is 0.891. The Labute approximate surface area is 97.9 Å². The van der Waals surface area contributed by atoms with Crippen molar-refractivity contribution in [3.05, 3.63) is 33.8 Å². The molecule has 0 spiro atoms. The maximum absolute atomic E-state index is 5.96. The lowest BCUT2D eigenvalue weighted by Gasteiger charge is -2.10. The van der Waals surface area contributed by atoms with Crippen LogP contribution in [0.2, 0.25) is 5.02 Å². The van der Waals surface area contributed by atoms with E-state index in [4.69, 9.17) is 16.3 Å². The van der Waals surface area contributed by atoms with Gasteiger partial charge >= 0.3 is 0 Å². The van der Waals surface area contributed by atoms with E-state index in [1.807, 2.05) is 6.07 Å². The molecule has 0 heterocycles. The molecule has 14 heavy (non-hydrogen) atoms. The molecule has 0 aromatic heterocycles. The first-order valence-electron chi connectivity index (χ1n) is 4.31. The summed E-state index contributed by atoms with van der Waals surface area (Å²) < 4.78 is 6.10. The highest BCUT2D eigenvalue weighted by atomic mass is 79.9. The van der Waals surface area contributed by atoms with E-state index in [-0.39, 0.29) is 0 Å². The fourth-order valence-electron chi connectivity index (χ4n) is 1.16. The standard InChI is InChI=1S/C11H12BrClO/c1-4-7(2)9-5-8(13)6-10(14-3)11(9)12/h5-6H,2,4H2,1,3H3. The Morgan fingerprint density at radius 3 is 2.71 bits per heavy atom. The Hall–Kier alpha value is -0.470. The van der Waals surface area contributed by atoms with Gasteiger partial charge in [-0.15, -0.1) is 0 Å². The van der Waals surface area contributed by atoms with Crippen molar-refractivity contribution >= 4 is 33.1 Å². The van der Waals surface area contributed by atoms with Gasteiger partial charge in [0.05, 0.1) is 11.6 Å². The molecule has 1 rings (SSSR count). The average molecular weight is 276 g/mol. The van der Waals surface area contributed by atoms with E-state index in [1.165, 1.54) is 0 Å². The van der Waals surface area contributed by atoms with E-state index in [0.29, 0.717) is 5.02 Å². The lowest BCUT2D eigenvalue weighted by molar-refractivity contribution is 0.412. The predicted octanol–water partition coefficient (Wildman–Crippen LogP) is 4.53. The second kappa shape index (κ2) is 4.85. The van der Waals surface area contributed by atoms with Gasteiger partial charge in [-0.2, -0.15) is 0 Å². The molecule has 1 aromatic rings. The lowest BCUT2D eigenvalue weighted by atomic mass is 10.1. The van der Waals surface area contributed by atoms with Crippen LogP contribution in [0.3, 0.4) is 0 Å². The quantitative estimate of drug-likeness (QED) is 0.787. The first-order valence-corrected chi connectivity index (χ1v) is 5.48. The van der Waals surface area contributed by atoms with Gasteiger partial charge in [0.1, 0.15) is 5.75 Å². The molecular weight excluding hydrogens is 263 g/mol. The average Bonchev–Trinajstić information content (AvgIpc) is 2.19. The topological polar surface area (TPSA) is 9.23 Å². The summed E-state index contributed by atoms with van der Waals surface area (Å²) in [6.45, 7) is 6.03. The minimum atomic E-state index is 0.662. The van der Waals surface area contributed by atoms with Crippen LogP contribution in [0.5, 0.6) is 5.75 Å². The summed E-state index contributed by atoms with van der Waals surface area (Å²) in [5, 5.41) is 0.662. The third-order valence-electron chi connectivity index (χ3n) is 2.03. The second-order valence-corrected chi connectivity index (χ2v) is 4.16. The van der Waals surface area contributed by atoms with Crippen LogP contribution in [0.1, 0.15) is 18.9 Å². The molecule has 76 valence electrons. The van der Waals surface area contributed by atoms with E-state index in [9.17, 15) is 0 Å². The van der Waals surface area contributed by atoms with Gasteiger partial charge in [0.2, 0.25) is 0 Å². The highest BCUT2D eigenvalue weighted by molar-refractivity contribution is 9.10. The minimum absolute atomic E-state index is 0.662. The molecule has 0 atom stereocenters. The number of rotatable bonds is 3. The van der Waals surface area contributed by atoms with E-state index in [1.54, 1.807) is 13.2 Å². The van der Waals surface area contributed by atoms with Crippen molar-refractivity contribution in [1.29, 1.82) is 0 Å². The Morgan fingerprint density at radius 1 is 1.57 bits per heavy atom. The van der Waals surface area contributed by atoms with Crippen LogP contribution >= 0.6 is 27.5 Å². The van der Waals surface area contributed by atoms with Crippen LogP contribution in [0.15, 0.2) is 23.2 Å². The van der Waals surface area contributed by atoms with Crippen LogP contribution in [0.25, 0.3) is 5.57 Å². The van der Waals surface area contributed by atoms with Crippen molar-refractivity contribution in [1.82, 2.24) is 0 Å². The number of halogens is 2. The molecule has 0 aliphatic carbocycles. The normalized spacial score (nSPS) is 10.0. The molecule has 0 bridgehead atoms. The van der Waals surface area contributed by atoms with Crippen LogP contribution in [0.4, 0.5) is 0 Å². The van der Waals surface area contributed by atoms with Crippen molar-refractivity contribution in [2.45, 2.75) is 13.3 Å². The van der Waals surface area contributed by atoms with Crippen LogP contribution in [-0.2, 0) is 0 Å². The van der Waals surface area contributed by atoms with Crippen molar-refractivity contribution in [2.24, 2.45) is 0 Å². The first kappa shape index (κ1) is 11.6. The SMILES string of the molecule is C=C(CC)c1cc(Cl)cc(OC)c1Br. The maximum Gasteiger partial charge on any atom is 0.135 e. The molecule has 0 unspecified atom stereocenters. The number of ether oxygens (including phenoxy) is 1.